The van der Waals surface area contributed by atoms with Crippen molar-refractivity contribution < 1.29 is 4.79 Å². The van der Waals surface area contributed by atoms with E-state index in [1.165, 1.54) is 11.8 Å². The minimum atomic E-state index is 0.126. The molecule has 0 amide bonds. The number of thioether (sulfide) groups is 1. The second-order valence-corrected chi connectivity index (χ2v) is 5.69. The van der Waals surface area contributed by atoms with Crippen molar-refractivity contribution in [3.8, 4) is 0 Å². The van der Waals surface area contributed by atoms with Crippen molar-refractivity contribution in [1.29, 1.82) is 0 Å². The molecule has 0 N–H and O–H groups in total. The summed E-state index contributed by atoms with van der Waals surface area (Å²) in [5.41, 5.74) is 1.86. The molecule has 0 aliphatic rings. The van der Waals surface area contributed by atoms with E-state index in [0.717, 1.165) is 20.6 Å². The molecular formula is C14H12BrNOS. The van der Waals surface area contributed by atoms with E-state index in [-0.39, 0.29) is 5.78 Å². The molecule has 2 aromatic rings. The number of hydrogen-bond donors (Lipinski definition) is 0. The fourth-order valence-corrected chi connectivity index (χ4v) is 2.89. The molecule has 0 bridgehead atoms. The van der Waals surface area contributed by atoms with Gasteiger partial charge in [0.25, 0.3) is 0 Å². The molecule has 18 heavy (non-hydrogen) atoms. The maximum atomic E-state index is 12.0. The first-order chi connectivity index (χ1) is 8.66. The van der Waals surface area contributed by atoms with Gasteiger partial charge in [-0.25, -0.2) is 4.98 Å². The summed E-state index contributed by atoms with van der Waals surface area (Å²) in [6, 6.07) is 11.4. The Labute approximate surface area is 119 Å². The molecule has 2 nitrogen and oxygen atoms in total. The van der Waals surface area contributed by atoms with Crippen molar-refractivity contribution in [3.05, 3.63) is 58.2 Å². The Bertz CT molecular complexity index is 571. The first-order valence-electron chi connectivity index (χ1n) is 5.50. The van der Waals surface area contributed by atoms with Crippen LogP contribution in [0.4, 0.5) is 0 Å². The van der Waals surface area contributed by atoms with Gasteiger partial charge >= 0.3 is 0 Å². The van der Waals surface area contributed by atoms with Crippen LogP contribution in [0.2, 0.25) is 0 Å². The smallest absolute Gasteiger partial charge is 0.173 e. The summed E-state index contributed by atoms with van der Waals surface area (Å²) in [5.74, 6) is 0.528. The van der Waals surface area contributed by atoms with Gasteiger partial charge in [-0.15, -0.1) is 0 Å². The highest BCUT2D eigenvalue weighted by Gasteiger charge is 2.08. The average Bonchev–Trinajstić information content (AvgIpc) is 2.37. The Morgan fingerprint density at radius 2 is 2.17 bits per heavy atom. The summed E-state index contributed by atoms with van der Waals surface area (Å²) in [6.07, 6.45) is 1.73. The lowest BCUT2D eigenvalue weighted by molar-refractivity contribution is 0.102. The minimum Gasteiger partial charge on any atom is -0.293 e. The molecule has 0 radical (unpaired) electrons. The van der Waals surface area contributed by atoms with Crippen molar-refractivity contribution in [2.24, 2.45) is 0 Å². The van der Waals surface area contributed by atoms with E-state index >= 15 is 0 Å². The van der Waals surface area contributed by atoms with Crippen LogP contribution in [0.25, 0.3) is 0 Å². The maximum absolute atomic E-state index is 12.0. The van der Waals surface area contributed by atoms with Gasteiger partial charge in [-0.05, 0) is 41.1 Å². The van der Waals surface area contributed by atoms with E-state index in [1.54, 1.807) is 6.20 Å². The van der Waals surface area contributed by atoms with Gasteiger partial charge in [0.2, 0.25) is 0 Å². The quantitative estimate of drug-likeness (QED) is 0.626. The van der Waals surface area contributed by atoms with Crippen LogP contribution in [0.5, 0.6) is 0 Å². The van der Waals surface area contributed by atoms with Crippen LogP contribution >= 0.6 is 27.7 Å². The molecule has 1 aromatic heterocycles. The van der Waals surface area contributed by atoms with E-state index < -0.39 is 0 Å². The highest BCUT2D eigenvalue weighted by Crippen LogP contribution is 2.25. The fourth-order valence-electron chi connectivity index (χ4n) is 1.51. The SMILES string of the molecule is Cc1cccc(C(=O)CSc2ncccc2Br)c1. The first-order valence-corrected chi connectivity index (χ1v) is 7.28. The number of benzene rings is 1. The lowest BCUT2D eigenvalue weighted by Gasteiger charge is -2.03. The molecule has 0 unspecified atom stereocenters. The minimum absolute atomic E-state index is 0.126. The van der Waals surface area contributed by atoms with E-state index in [9.17, 15) is 4.79 Å². The number of pyridine rings is 1. The Hall–Kier alpha value is -1.13. The zero-order valence-electron chi connectivity index (χ0n) is 9.89. The summed E-state index contributed by atoms with van der Waals surface area (Å²) < 4.78 is 0.923. The molecule has 0 spiro atoms. The highest BCUT2D eigenvalue weighted by molar-refractivity contribution is 9.10. The Morgan fingerprint density at radius 3 is 2.89 bits per heavy atom. The predicted molar refractivity (Wildman–Crippen MR) is 78.2 cm³/mol. The third kappa shape index (κ3) is 3.43. The fraction of sp³-hybridized carbons (Fsp3) is 0.143. The van der Waals surface area contributed by atoms with Crippen LogP contribution in [0.15, 0.2) is 52.1 Å². The normalized spacial score (nSPS) is 10.3. The second kappa shape index (κ2) is 6.16. The molecule has 2 rings (SSSR count). The summed E-state index contributed by atoms with van der Waals surface area (Å²) in [4.78, 5) is 16.2. The van der Waals surface area contributed by atoms with Crippen LogP contribution in [0.1, 0.15) is 15.9 Å². The first kappa shape index (κ1) is 13.3. The molecule has 0 atom stereocenters. The summed E-state index contributed by atoms with van der Waals surface area (Å²) in [6.45, 7) is 1.99. The number of hydrogen-bond acceptors (Lipinski definition) is 3. The monoisotopic (exact) mass is 321 g/mol. The number of halogens is 1. The second-order valence-electron chi connectivity index (χ2n) is 3.87. The number of Topliss-reactive ketones (excluding diaryl/α,β-unsaturated/α-hetero) is 1. The highest BCUT2D eigenvalue weighted by atomic mass is 79.9. The molecule has 0 saturated heterocycles. The largest absolute Gasteiger partial charge is 0.293 e. The molecular weight excluding hydrogens is 310 g/mol. The van der Waals surface area contributed by atoms with Crippen LogP contribution in [-0.2, 0) is 0 Å². The van der Waals surface area contributed by atoms with Crippen molar-refractivity contribution in [1.82, 2.24) is 4.98 Å². The van der Waals surface area contributed by atoms with Gasteiger partial charge in [-0.1, -0.05) is 35.5 Å². The van der Waals surface area contributed by atoms with Crippen LogP contribution in [-0.4, -0.2) is 16.5 Å². The van der Waals surface area contributed by atoms with Crippen LogP contribution in [0.3, 0.4) is 0 Å². The summed E-state index contributed by atoms with van der Waals surface area (Å²) in [5, 5.41) is 0.846. The van der Waals surface area contributed by atoms with Gasteiger partial charge in [-0.3, -0.25) is 4.79 Å². The van der Waals surface area contributed by atoms with Gasteiger partial charge < -0.3 is 0 Å². The standard InChI is InChI=1S/C14H12BrNOS/c1-10-4-2-5-11(8-10)13(17)9-18-14-12(15)6-3-7-16-14/h2-8H,9H2,1H3. The Kier molecular flexibility index (Phi) is 4.55. The molecule has 92 valence electrons. The molecule has 1 heterocycles. The summed E-state index contributed by atoms with van der Waals surface area (Å²) >= 11 is 4.87. The number of rotatable bonds is 4. The van der Waals surface area contributed by atoms with Crippen LogP contribution in [0, 0.1) is 6.92 Å². The third-order valence-electron chi connectivity index (χ3n) is 2.40. The Balaban J connectivity index is 2.03. The van der Waals surface area contributed by atoms with Crippen molar-refractivity contribution in [2.75, 3.05) is 5.75 Å². The summed E-state index contributed by atoms with van der Waals surface area (Å²) in [7, 11) is 0. The number of carbonyl (C=O) groups excluding carboxylic acids is 1. The van der Waals surface area contributed by atoms with Gasteiger partial charge in [-0.2, -0.15) is 0 Å². The number of ketones is 1. The van der Waals surface area contributed by atoms with Crippen molar-refractivity contribution in [3.63, 3.8) is 0 Å². The Morgan fingerprint density at radius 1 is 1.33 bits per heavy atom. The van der Waals surface area contributed by atoms with E-state index in [2.05, 4.69) is 20.9 Å². The number of carbonyl (C=O) groups is 1. The van der Waals surface area contributed by atoms with Crippen molar-refractivity contribution in [2.45, 2.75) is 11.9 Å². The van der Waals surface area contributed by atoms with Gasteiger partial charge in [0.1, 0.15) is 5.03 Å². The van der Waals surface area contributed by atoms with Gasteiger partial charge in [0.05, 0.1) is 5.75 Å². The zero-order valence-corrected chi connectivity index (χ0v) is 12.3. The lowest BCUT2D eigenvalue weighted by atomic mass is 10.1. The molecule has 0 aliphatic carbocycles. The molecule has 0 aliphatic heterocycles. The number of nitrogens with zero attached hydrogens (tertiary/aromatic N) is 1. The molecule has 4 heteroatoms. The number of aryl methyl sites for hydroxylation is 1. The van der Waals surface area contributed by atoms with E-state index in [0.29, 0.717) is 5.75 Å². The van der Waals surface area contributed by atoms with Gasteiger partial charge in [0, 0.05) is 16.2 Å². The molecule has 0 fully saturated rings. The van der Waals surface area contributed by atoms with E-state index in [4.69, 9.17) is 0 Å². The average molecular weight is 322 g/mol. The van der Waals surface area contributed by atoms with Crippen LogP contribution < -0.4 is 0 Å². The van der Waals surface area contributed by atoms with Crippen molar-refractivity contribution >= 4 is 33.5 Å². The third-order valence-corrected chi connectivity index (χ3v) is 4.31. The molecule has 0 saturated carbocycles. The number of aromatic nitrogens is 1. The zero-order chi connectivity index (χ0) is 13.0. The maximum Gasteiger partial charge on any atom is 0.173 e. The van der Waals surface area contributed by atoms with Gasteiger partial charge in [0.15, 0.2) is 5.78 Å². The lowest BCUT2D eigenvalue weighted by Crippen LogP contribution is -2.02. The molecule has 1 aromatic carbocycles. The predicted octanol–water partition coefficient (Wildman–Crippen LogP) is 4.13. The van der Waals surface area contributed by atoms with E-state index in [1.807, 2.05) is 43.3 Å². The topological polar surface area (TPSA) is 30.0 Å².